The molecule has 1 saturated heterocycles. The summed E-state index contributed by atoms with van der Waals surface area (Å²) in [5.74, 6) is 0.584. The standard InChI is InChI=1S/C24H26N4O2S2/c1-19-13-16-28(17-14-19)32(29,30)22-11-9-21(10-12-22)23-18-31-24(26-23)27-25-15-5-8-20-6-3-2-4-7-20/h2-12,15,18-19H,13-14,16-17H2,1H3,(H,26,27)/b8-5+,25-15+. The third-order valence-corrected chi connectivity index (χ3v) is 8.10. The van der Waals surface area contributed by atoms with Gasteiger partial charge in [0.2, 0.25) is 15.2 Å². The van der Waals surface area contributed by atoms with Crippen molar-refractivity contribution >= 4 is 38.8 Å². The van der Waals surface area contributed by atoms with Crippen LogP contribution < -0.4 is 5.43 Å². The average Bonchev–Trinajstić information content (AvgIpc) is 3.29. The van der Waals surface area contributed by atoms with Crippen LogP contribution in [0.1, 0.15) is 25.3 Å². The molecular weight excluding hydrogens is 440 g/mol. The lowest BCUT2D eigenvalue weighted by Crippen LogP contribution is -2.37. The normalized spacial score (nSPS) is 16.2. The van der Waals surface area contributed by atoms with E-state index in [0.717, 1.165) is 29.7 Å². The highest BCUT2D eigenvalue weighted by Gasteiger charge is 2.27. The van der Waals surface area contributed by atoms with Crippen molar-refractivity contribution in [3.05, 3.63) is 71.6 Å². The van der Waals surface area contributed by atoms with E-state index in [0.29, 0.717) is 29.0 Å². The number of hydrazone groups is 1. The van der Waals surface area contributed by atoms with Crippen molar-refractivity contribution < 1.29 is 8.42 Å². The Kier molecular flexibility index (Phi) is 7.14. The molecule has 0 radical (unpaired) electrons. The predicted molar refractivity (Wildman–Crippen MR) is 132 cm³/mol. The number of piperidine rings is 1. The molecule has 1 fully saturated rings. The predicted octanol–water partition coefficient (Wildman–Crippen LogP) is 5.34. The first kappa shape index (κ1) is 22.4. The van der Waals surface area contributed by atoms with Gasteiger partial charge in [-0.15, -0.1) is 11.3 Å². The third-order valence-electron chi connectivity index (χ3n) is 5.44. The highest BCUT2D eigenvalue weighted by molar-refractivity contribution is 7.89. The SMILES string of the molecule is CC1CCN(S(=O)(=O)c2ccc(-c3csc(N/N=C/C=C/c4ccccc4)n3)cc2)CC1. The molecule has 1 N–H and O–H groups in total. The third kappa shape index (κ3) is 5.51. The molecule has 0 bridgehead atoms. The number of allylic oxidation sites excluding steroid dienone is 1. The molecule has 32 heavy (non-hydrogen) atoms. The van der Waals surface area contributed by atoms with Crippen LogP contribution in [0.2, 0.25) is 0 Å². The van der Waals surface area contributed by atoms with Gasteiger partial charge in [-0.1, -0.05) is 55.5 Å². The Morgan fingerprint density at radius 3 is 2.53 bits per heavy atom. The summed E-state index contributed by atoms with van der Waals surface area (Å²) in [4.78, 5) is 4.87. The maximum absolute atomic E-state index is 12.9. The van der Waals surface area contributed by atoms with Gasteiger partial charge in [0.15, 0.2) is 0 Å². The number of anilines is 1. The average molecular weight is 467 g/mol. The Morgan fingerprint density at radius 1 is 1.09 bits per heavy atom. The smallest absolute Gasteiger partial charge is 0.243 e. The maximum atomic E-state index is 12.9. The number of thiazole rings is 1. The van der Waals surface area contributed by atoms with Crippen LogP contribution >= 0.6 is 11.3 Å². The second kappa shape index (κ2) is 10.2. The molecule has 2 heterocycles. The molecule has 1 aromatic heterocycles. The largest absolute Gasteiger partial charge is 0.253 e. The first-order valence-corrected chi connectivity index (χ1v) is 12.9. The topological polar surface area (TPSA) is 74.7 Å². The van der Waals surface area contributed by atoms with Crippen LogP contribution in [-0.2, 0) is 10.0 Å². The minimum absolute atomic E-state index is 0.333. The zero-order chi connectivity index (χ0) is 22.4. The minimum Gasteiger partial charge on any atom is -0.253 e. The summed E-state index contributed by atoms with van der Waals surface area (Å²) in [6, 6.07) is 17.0. The number of sulfonamides is 1. The van der Waals surface area contributed by atoms with Crippen LogP contribution in [-0.4, -0.2) is 37.0 Å². The number of nitrogens with one attached hydrogen (secondary N) is 1. The minimum atomic E-state index is -3.44. The molecule has 0 atom stereocenters. The van der Waals surface area contributed by atoms with Gasteiger partial charge in [-0.2, -0.15) is 9.41 Å². The molecular formula is C24H26N4O2S2. The summed E-state index contributed by atoms with van der Waals surface area (Å²) >= 11 is 1.44. The Balaban J connectivity index is 1.37. The molecule has 1 aliphatic heterocycles. The van der Waals surface area contributed by atoms with Crippen LogP contribution in [0.5, 0.6) is 0 Å². The van der Waals surface area contributed by atoms with Crippen molar-refractivity contribution in [3.63, 3.8) is 0 Å². The van der Waals surface area contributed by atoms with E-state index in [1.54, 1.807) is 22.7 Å². The Morgan fingerprint density at radius 2 is 1.81 bits per heavy atom. The van der Waals surface area contributed by atoms with Crippen LogP contribution in [0.25, 0.3) is 17.3 Å². The van der Waals surface area contributed by atoms with E-state index in [1.165, 1.54) is 11.3 Å². The van der Waals surface area contributed by atoms with Gasteiger partial charge in [0.25, 0.3) is 0 Å². The summed E-state index contributed by atoms with van der Waals surface area (Å²) in [5.41, 5.74) is 5.68. The van der Waals surface area contributed by atoms with E-state index in [1.807, 2.05) is 60.0 Å². The molecule has 0 unspecified atom stereocenters. The van der Waals surface area contributed by atoms with E-state index in [9.17, 15) is 8.42 Å². The molecule has 0 saturated carbocycles. The van der Waals surface area contributed by atoms with Crippen LogP contribution in [0.15, 0.2) is 76.1 Å². The van der Waals surface area contributed by atoms with Gasteiger partial charge in [0, 0.05) is 30.2 Å². The fourth-order valence-electron chi connectivity index (χ4n) is 3.48. The number of nitrogens with zero attached hydrogens (tertiary/aromatic N) is 3. The Labute approximate surface area is 193 Å². The van der Waals surface area contributed by atoms with Gasteiger partial charge >= 0.3 is 0 Å². The maximum Gasteiger partial charge on any atom is 0.243 e. The highest BCUT2D eigenvalue weighted by atomic mass is 32.2. The van der Waals surface area contributed by atoms with Crippen molar-refractivity contribution in [2.75, 3.05) is 18.5 Å². The van der Waals surface area contributed by atoms with E-state index in [2.05, 4.69) is 22.4 Å². The molecule has 8 heteroatoms. The van der Waals surface area contributed by atoms with Crippen molar-refractivity contribution in [2.45, 2.75) is 24.7 Å². The molecule has 0 aliphatic carbocycles. The first-order chi connectivity index (χ1) is 15.5. The fraction of sp³-hybridized carbons (Fsp3) is 0.250. The van der Waals surface area contributed by atoms with Crippen molar-refractivity contribution in [3.8, 4) is 11.3 Å². The lowest BCUT2D eigenvalue weighted by atomic mass is 10.0. The summed E-state index contributed by atoms with van der Waals surface area (Å²) in [6.07, 6.45) is 7.33. The van der Waals surface area contributed by atoms with E-state index < -0.39 is 10.0 Å². The van der Waals surface area contributed by atoms with Crippen molar-refractivity contribution in [2.24, 2.45) is 11.0 Å². The van der Waals surface area contributed by atoms with E-state index >= 15 is 0 Å². The Bertz CT molecular complexity index is 1180. The second-order valence-electron chi connectivity index (χ2n) is 7.81. The number of benzene rings is 2. The zero-order valence-electron chi connectivity index (χ0n) is 17.9. The van der Waals surface area contributed by atoms with Gasteiger partial charge in [-0.3, -0.25) is 5.43 Å². The number of aromatic nitrogens is 1. The van der Waals surface area contributed by atoms with Gasteiger partial charge in [-0.25, -0.2) is 13.4 Å². The van der Waals surface area contributed by atoms with Gasteiger partial charge in [0.05, 0.1) is 10.6 Å². The summed E-state index contributed by atoms with van der Waals surface area (Å²) in [5, 5.41) is 6.76. The van der Waals surface area contributed by atoms with Gasteiger partial charge < -0.3 is 0 Å². The van der Waals surface area contributed by atoms with Crippen LogP contribution in [0.4, 0.5) is 5.13 Å². The van der Waals surface area contributed by atoms with Gasteiger partial charge in [0.1, 0.15) is 0 Å². The molecule has 4 rings (SSSR count). The monoisotopic (exact) mass is 466 g/mol. The Hall–Kier alpha value is -2.81. The fourth-order valence-corrected chi connectivity index (χ4v) is 5.62. The first-order valence-electron chi connectivity index (χ1n) is 10.6. The number of rotatable bonds is 7. The molecule has 6 nitrogen and oxygen atoms in total. The summed E-state index contributed by atoms with van der Waals surface area (Å²) < 4.78 is 27.4. The zero-order valence-corrected chi connectivity index (χ0v) is 19.5. The molecule has 3 aromatic rings. The lowest BCUT2D eigenvalue weighted by Gasteiger charge is -2.29. The molecule has 0 amide bonds. The van der Waals surface area contributed by atoms with Crippen LogP contribution in [0, 0.1) is 5.92 Å². The molecule has 166 valence electrons. The second-order valence-corrected chi connectivity index (χ2v) is 10.6. The lowest BCUT2D eigenvalue weighted by molar-refractivity contribution is 0.288. The van der Waals surface area contributed by atoms with Gasteiger partial charge in [-0.05, 0) is 42.5 Å². The number of hydrogen-bond donors (Lipinski definition) is 1. The van der Waals surface area contributed by atoms with Crippen molar-refractivity contribution in [1.82, 2.24) is 9.29 Å². The highest BCUT2D eigenvalue weighted by Crippen LogP contribution is 2.28. The molecule has 2 aromatic carbocycles. The quantitative estimate of drug-likeness (QED) is 0.377. The van der Waals surface area contributed by atoms with E-state index in [-0.39, 0.29) is 0 Å². The summed E-state index contributed by atoms with van der Waals surface area (Å²) in [7, 11) is -3.44. The summed E-state index contributed by atoms with van der Waals surface area (Å²) in [6.45, 7) is 3.35. The number of hydrogen-bond acceptors (Lipinski definition) is 6. The molecule has 1 aliphatic rings. The van der Waals surface area contributed by atoms with Crippen molar-refractivity contribution in [1.29, 1.82) is 0 Å². The van der Waals surface area contributed by atoms with Crippen LogP contribution in [0.3, 0.4) is 0 Å². The van der Waals surface area contributed by atoms with E-state index in [4.69, 9.17) is 0 Å². The molecule has 0 spiro atoms.